The fourth-order valence-corrected chi connectivity index (χ4v) is 2.63. The van der Waals surface area contributed by atoms with E-state index in [1.807, 2.05) is 0 Å². The standard InChI is InChI=1S/C18H24N2O5/c1-13(21)25-16-4-2-3-15(12-16)18(23)20-8-7-19-17(22)11-14-5-9-24-10-6-14/h2-4,12,14H,5-11H2,1H3,(H,19,22)(H,20,23). The number of nitrogens with one attached hydrogen (secondary N) is 2. The Morgan fingerprint density at radius 1 is 1.16 bits per heavy atom. The van der Waals surface area contributed by atoms with Crippen LogP contribution in [0.5, 0.6) is 5.75 Å². The number of carbonyl (C=O) groups is 3. The largest absolute Gasteiger partial charge is 0.427 e. The maximum atomic E-state index is 12.1. The van der Waals surface area contributed by atoms with Gasteiger partial charge in [-0.3, -0.25) is 14.4 Å². The van der Waals surface area contributed by atoms with Gasteiger partial charge in [-0.05, 0) is 37.0 Å². The van der Waals surface area contributed by atoms with E-state index in [0.29, 0.717) is 36.7 Å². The molecule has 0 aromatic heterocycles. The van der Waals surface area contributed by atoms with Crippen LogP contribution in [0, 0.1) is 5.92 Å². The van der Waals surface area contributed by atoms with Gasteiger partial charge in [0, 0.05) is 45.2 Å². The van der Waals surface area contributed by atoms with E-state index in [1.54, 1.807) is 18.2 Å². The van der Waals surface area contributed by atoms with Crippen LogP contribution >= 0.6 is 0 Å². The highest BCUT2D eigenvalue weighted by atomic mass is 16.5. The normalized spacial score (nSPS) is 14.6. The predicted octanol–water partition coefficient (Wildman–Crippen LogP) is 1.27. The first kappa shape index (κ1) is 18.9. The van der Waals surface area contributed by atoms with Crippen molar-refractivity contribution in [2.24, 2.45) is 5.92 Å². The first-order valence-corrected chi connectivity index (χ1v) is 8.45. The van der Waals surface area contributed by atoms with Gasteiger partial charge in [-0.15, -0.1) is 0 Å². The number of esters is 1. The Balaban J connectivity index is 1.68. The third kappa shape index (κ3) is 6.93. The zero-order valence-corrected chi connectivity index (χ0v) is 14.4. The predicted molar refractivity (Wildman–Crippen MR) is 91.3 cm³/mol. The molecule has 1 aromatic rings. The molecule has 0 saturated carbocycles. The van der Waals surface area contributed by atoms with Crippen LogP contribution in [0.1, 0.15) is 36.5 Å². The summed E-state index contributed by atoms with van der Waals surface area (Å²) in [4.78, 5) is 34.9. The molecule has 1 saturated heterocycles. The van der Waals surface area contributed by atoms with Gasteiger partial charge in [-0.2, -0.15) is 0 Å². The van der Waals surface area contributed by atoms with Crippen LogP contribution in [0.4, 0.5) is 0 Å². The summed E-state index contributed by atoms with van der Waals surface area (Å²) in [5.74, 6) is -0.0206. The highest BCUT2D eigenvalue weighted by Gasteiger charge is 2.17. The molecule has 136 valence electrons. The van der Waals surface area contributed by atoms with Crippen molar-refractivity contribution >= 4 is 17.8 Å². The molecule has 0 radical (unpaired) electrons. The van der Waals surface area contributed by atoms with Gasteiger partial charge in [-0.1, -0.05) is 6.07 Å². The molecule has 0 unspecified atom stereocenters. The van der Waals surface area contributed by atoms with Crippen LogP contribution in [0.3, 0.4) is 0 Å². The number of rotatable bonds is 7. The quantitative estimate of drug-likeness (QED) is 0.440. The van der Waals surface area contributed by atoms with Crippen LogP contribution in [-0.4, -0.2) is 44.1 Å². The minimum Gasteiger partial charge on any atom is -0.427 e. The fourth-order valence-electron chi connectivity index (χ4n) is 2.63. The number of hydrogen-bond acceptors (Lipinski definition) is 5. The molecule has 0 bridgehead atoms. The van der Waals surface area contributed by atoms with E-state index in [1.165, 1.54) is 13.0 Å². The maximum Gasteiger partial charge on any atom is 0.308 e. The molecular formula is C18H24N2O5. The van der Waals surface area contributed by atoms with Crippen molar-refractivity contribution < 1.29 is 23.9 Å². The van der Waals surface area contributed by atoms with Crippen molar-refractivity contribution in [3.05, 3.63) is 29.8 Å². The van der Waals surface area contributed by atoms with Crippen molar-refractivity contribution in [1.82, 2.24) is 10.6 Å². The van der Waals surface area contributed by atoms with E-state index in [2.05, 4.69) is 10.6 Å². The lowest BCUT2D eigenvalue weighted by atomic mass is 9.96. The lowest BCUT2D eigenvalue weighted by Gasteiger charge is -2.21. The van der Waals surface area contributed by atoms with E-state index < -0.39 is 5.97 Å². The lowest BCUT2D eigenvalue weighted by Crippen LogP contribution is -2.35. The molecule has 0 atom stereocenters. The molecule has 25 heavy (non-hydrogen) atoms. The number of benzene rings is 1. The summed E-state index contributed by atoms with van der Waals surface area (Å²) in [5, 5.41) is 5.53. The second-order valence-corrected chi connectivity index (χ2v) is 5.99. The number of amides is 2. The van der Waals surface area contributed by atoms with E-state index in [9.17, 15) is 14.4 Å². The van der Waals surface area contributed by atoms with Crippen molar-refractivity contribution in [1.29, 1.82) is 0 Å². The second-order valence-electron chi connectivity index (χ2n) is 5.99. The summed E-state index contributed by atoms with van der Waals surface area (Å²) in [5.41, 5.74) is 0.396. The Morgan fingerprint density at radius 3 is 2.60 bits per heavy atom. The van der Waals surface area contributed by atoms with Crippen molar-refractivity contribution in [3.63, 3.8) is 0 Å². The summed E-state index contributed by atoms with van der Waals surface area (Å²) in [6, 6.07) is 6.38. The summed E-state index contributed by atoms with van der Waals surface area (Å²) < 4.78 is 10.2. The topological polar surface area (TPSA) is 93.7 Å². The Hall–Kier alpha value is -2.41. The van der Waals surface area contributed by atoms with Gasteiger partial charge in [0.1, 0.15) is 5.75 Å². The molecule has 2 rings (SSSR count). The van der Waals surface area contributed by atoms with Crippen LogP contribution in [0.2, 0.25) is 0 Å². The van der Waals surface area contributed by atoms with Gasteiger partial charge < -0.3 is 20.1 Å². The highest BCUT2D eigenvalue weighted by molar-refractivity contribution is 5.94. The van der Waals surface area contributed by atoms with E-state index in [0.717, 1.165) is 26.1 Å². The summed E-state index contributed by atoms with van der Waals surface area (Å²) in [7, 11) is 0. The van der Waals surface area contributed by atoms with Gasteiger partial charge in [0.25, 0.3) is 5.91 Å². The van der Waals surface area contributed by atoms with Gasteiger partial charge in [0.15, 0.2) is 0 Å². The van der Waals surface area contributed by atoms with Gasteiger partial charge in [-0.25, -0.2) is 0 Å². The molecule has 2 amide bonds. The molecule has 2 N–H and O–H groups in total. The molecular weight excluding hydrogens is 324 g/mol. The first-order valence-electron chi connectivity index (χ1n) is 8.45. The minimum atomic E-state index is -0.440. The van der Waals surface area contributed by atoms with E-state index in [-0.39, 0.29) is 11.8 Å². The Labute approximate surface area is 147 Å². The zero-order chi connectivity index (χ0) is 18.1. The molecule has 0 spiro atoms. The zero-order valence-electron chi connectivity index (χ0n) is 14.4. The third-order valence-corrected chi connectivity index (χ3v) is 3.91. The SMILES string of the molecule is CC(=O)Oc1cccc(C(=O)NCCNC(=O)CC2CCOCC2)c1. The average Bonchev–Trinajstić information content (AvgIpc) is 2.59. The Kier molecular flexibility index (Phi) is 7.40. The van der Waals surface area contributed by atoms with Gasteiger partial charge in [0.2, 0.25) is 5.91 Å². The van der Waals surface area contributed by atoms with E-state index in [4.69, 9.17) is 9.47 Å². The van der Waals surface area contributed by atoms with Crippen molar-refractivity contribution in [2.75, 3.05) is 26.3 Å². The molecule has 1 aromatic carbocycles. The first-order chi connectivity index (χ1) is 12.0. The molecule has 7 nitrogen and oxygen atoms in total. The summed E-state index contributed by atoms with van der Waals surface area (Å²) in [6.45, 7) is 3.45. The number of ether oxygens (including phenoxy) is 2. The monoisotopic (exact) mass is 348 g/mol. The van der Waals surface area contributed by atoms with Crippen LogP contribution in [-0.2, 0) is 14.3 Å². The second kappa shape index (κ2) is 9.78. The molecule has 7 heteroatoms. The van der Waals surface area contributed by atoms with Crippen molar-refractivity contribution in [3.8, 4) is 5.75 Å². The van der Waals surface area contributed by atoms with Crippen LogP contribution < -0.4 is 15.4 Å². The third-order valence-electron chi connectivity index (χ3n) is 3.91. The smallest absolute Gasteiger partial charge is 0.308 e. The number of hydrogen-bond donors (Lipinski definition) is 2. The molecule has 1 fully saturated rings. The number of carbonyl (C=O) groups excluding carboxylic acids is 3. The molecule has 1 aliphatic heterocycles. The molecule has 1 heterocycles. The average molecular weight is 348 g/mol. The lowest BCUT2D eigenvalue weighted by molar-refractivity contribution is -0.131. The van der Waals surface area contributed by atoms with Crippen molar-refractivity contribution in [2.45, 2.75) is 26.2 Å². The Bertz CT molecular complexity index is 611. The summed E-state index contributed by atoms with van der Waals surface area (Å²) >= 11 is 0. The summed E-state index contributed by atoms with van der Waals surface area (Å²) in [6.07, 6.45) is 2.34. The van der Waals surface area contributed by atoms with E-state index >= 15 is 0 Å². The fraction of sp³-hybridized carbons (Fsp3) is 0.500. The highest BCUT2D eigenvalue weighted by Crippen LogP contribution is 2.18. The molecule has 1 aliphatic rings. The maximum absolute atomic E-state index is 12.1. The molecule has 0 aliphatic carbocycles. The van der Waals surface area contributed by atoms with Gasteiger partial charge >= 0.3 is 5.97 Å². The minimum absolute atomic E-state index is 0.00185. The van der Waals surface area contributed by atoms with Crippen LogP contribution in [0.25, 0.3) is 0 Å². The van der Waals surface area contributed by atoms with Gasteiger partial charge in [0.05, 0.1) is 0 Å². The Morgan fingerprint density at radius 2 is 1.88 bits per heavy atom. The van der Waals surface area contributed by atoms with Crippen LogP contribution in [0.15, 0.2) is 24.3 Å².